The molecule has 2 aliphatic carbocycles. The van der Waals surface area contributed by atoms with Crippen molar-refractivity contribution in [1.29, 1.82) is 0 Å². The average Bonchev–Trinajstić information content (AvgIpc) is 3.42. The van der Waals surface area contributed by atoms with Crippen molar-refractivity contribution in [2.75, 3.05) is 6.26 Å². The van der Waals surface area contributed by atoms with Crippen molar-refractivity contribution in [2.45, 2.75) is 56.3 Å². The summed E-state index contributed by atoms with van der Waals surface area (Å²) in [5.74, 6) is 1.70. The zero-order valence-electron chi connectivity index (χ0n) is 30.9. The predicted molar refractivity (Wildman–Crippen MR) is 229 cm³/mol. The minimum Gasteiger partial charge on any atom is -0.460 e. The maximum atomic E-state index is 6.53. The molecule has 2 atom stereocenters. The largest absolute Gasteiger partial charge is 0.460 e. The third-order valence-electron chi connectivity index (χ3n) is 10.6. The molecule has 0 spiro atoms. The molecule has 0 saturated carbocycles. The molecule has 2 unspecified atom stereocenters. The standard InChI is InChI=1S/C51H46OS/c1-35-27-38(32-42(28-35)40-19-14-20-41(33-40)45-21-10-12-26-50(45)53-3)16-6-4-5-15-37-17-13-18-39(31-37)43-29-36(2)30-44(34-43)46-22-7-8-24-48-47-23-9-11-25-49(47)52-51(46)48/h4-6,8-15,17-18,20-21,23-34,40,46H,7,16,19,22H2,1-3H3/b6-4-,15-5+. The number of rotatable bonds is 9. The minimum atomic E-state index is 0.222. The first kappa shape index (κ1) is 34.8. The number of hydrogen-bond acceptors (Lipinski definition) is 2. The lowest BCUT2D eigenvalue weighted by Crippen LogP contribution is -2.01. The molecule has 0 bridgehead atoms. The zero-order chi connectivity index (χ0) is 36.1. The molecule has 6 aromatic rings. The van der Waals surface area contributed by atoms with E-state index < -0.39 is 0 Å². The Bertz CT molecular complexity index is 2430. The van der Waals surface area contributed by atoms with Crippen LogP contribution < -0.4 is 0 Å². The Morgan fingerprint density at radius 1 is 0.755 bits per heavy atom. The topological polar surface area (TPSA) is 13.1 Å². The van der Waals surface area contributed by atoms with E-state index in [4.69, 9.17) is 4.42 Å². The predicted octanol–water partition coefficient (Wildman–Crippen LogP) is 14.3. The summed E-state index contributed by atoms with van der Waals surface area (Å²) in [5.41, 5.74) is 15.2. The van der Waals surface area contributed by atoms with E-state index in [1.54, 1.807) is 0 Å². The van der Waals surface area contributed by atoms with Crippen molar-refractivity contribution in [3.63, 3.8) is 0 Å². The highest BCUT2D eigenvalue weighted by Crippen LogP contribution is 2.41. The maximum absolute atomic E-state index is 6.53. The summed E-state index contributed by atoms with van der Waals surface area (Å²) >= 11 is 1.81. The molecule has 2 aliphatic rings. The Labute approximate surface area is 319 Å². The Morgan fingerprint density at radius 2 is 1.60 bits per heavy atom. The molecular formula is C51H46OS. The molecule has 0 aliphatic heterocycles. The van der Waals surface area contributed by atoms with Crippen LogP contribution in [0.4, 0.5) is 0 Å². The quantitative estimate of drug-likeness (QED) is 0.110. The molecule has 0 amide bonds. The lowest BCUT2D eigenvalue weighted by molar-refractivity contribution is 0.507. The summed E-state index contributed by atoms with van der Waals surface area (Å²) in [4.78, 5) is 1.33. The van der Waals surface area contributed by atoms with Gasteiger partial charge in [-0.05, 0) is 109 Å². The van der Waals surface area contributed by atoms with Crippen molar-refractivity contribution in [3.8, 4) is 11.1 Å². The first-order valence-corrected chi connectivity index (χ1v) is 20.1. The van der Waals surface area contributed by atoms with Gasteiger partial charge in [0.1, 0.15) is 11.3 Å². The molecule has 0 N–H and O–H groups in total. The molecule has 1 nitrogen and oxygen atoms in total. The second kappa shape index (κ2) is 15.7. The van der Waals surface area contributed by atoms with Crippen molar-refractivity contribution < 1.29 is 4.42 Å². The van der Waals surface area contributed by atoms with Crippen LogP contribution in [0, 0.1) is 13.8 Å². The van der Waals surface area contributed by atoms with Gasteiger partial charge in [-0.1, -0.05) is 157 Å². The molecule has 8 rings (SSSR count). The van der Waals surface area contributed by atoms with Crippen LogP contribution in [0.3, 0.4) is 0 Å². The Hall–Kier alpha value is -5.31. The number of fused-ring (bicyclic) bond motifs is 3. The van der Waals surface area contributed by atoms with Gasteiger partial charge < -0.3 is 4.42 Å². The van der Waals surface area contributed by atoms with Crippen LogP contribution in [0.1, 0.15) is 81.4 Å². The van der Waals surface area contributed by atoms with Gasteiger partial charge in [-0.25, -0.2) is 0 Å². The van der Waals surface area contributed by atoms with E-state index in [1.165, 1.54) is 71.5 Å². The number of aryl methyl sites for hydroxylation is 2. The van der Waals surface area contributed by atoms with E-state index >= 15 is 0 Å². The second-order valence-electron chi connectivity index (χ2n) is 14.5. The fourth-order valence-corrected chi connectivity index (χ4v) is 8.70. The highest BCUT2D eigenvalue weighted by molar-refractivity contribution is 7.98. The average molecular weight is 707 g/mol. The summed E-state index contributed by atoms with van der Waals surface area (Å²) in [7, 11) is 0. The van der Waals surface area contributed by atoms with E-state index in [2.05, 4.69) is 184 Å². The first-order chi connectivity index (χ1) is 26.0. The highest BCUT2D eigenvalue weighted by atomic mass is 32.2. The van der Waals surface area contributed by atoms with Crippen LogP contribution >= 0.6 is 11.8 Å². The van der Waals surface area contributed by atoms with Gasteiger partial charge in [0.05, 0.1) is 0 Å². The van der Waals surface area contributed by atoms with Crippen LogP contribution in [0.2, 0.25) is 0 Å². The number of hydrogen-bond donors (Lipinski definition) is 0. The second-order valence-corrected chi connectivity index (χ2v) is 15.3. The SMILES string of the molecule is CSc1ccccc1C1=CC(c2cc(C)cc(C/C=C\C=C\c3cccc(-c4cc(C)cc(C5CCC=Cc6c5oc5ccccc65)c4)c3)c2)CC=C1. The summed E-state index contributed by atoms with van der Waals surface area (Å²) in [5, 5.41) is 1.20. The smallest absolute Gasteiger partial charge is 0.134 e. The number of furan rings is 1. The molecular weight excluding hydrogens is 661 g/mol. The van der Waals surface area contributed by atoms with Crippen LogP contribution in [-0.4, -0.2) is 6.26 Å². The van der Waals surface area contributed by atoms with Gasteiger partial charge in [0.25, 0.3) is 0 Å². The van der Waals surface area contributed by atoms with Crippen molar-refractivity contribution in [1.82, 2.24) is 0 Å². The van der Waals surface area contributed by atoms with Crippen LogP contribution in [0.25, 0.3) is 39.8 Å². The van der Waals surface area contributed by atoms with E-state index in [0.717, 1.165) is 37.0 Å². The lowest BCUT2D eigenvalue weighted by atomic mass is 9.86. The fourth-order valence-electron chi connectivity index (χ4n) is 8.08. The van der Waals surface area contributed by atoms with E-state index in [1.807, 2.05) is 11.8 Å². The molecule has 262 valence electrons. The van der Waals surface area contributed by atoms with Gasteiger partial charge in [0, 0.05) is 27.7 Å². The Kier molecular flexibility index (Phi) is 10.3. The van der Waals surface area contributed by atoms with Gasteiger partial charge in [-0.3, -0.25) is 0 Å². The molecule has 0 fully saturated rings. The molecule has 1 heterocycles. The first-order valence-electron chi connectivity index (χ1n) is 18.9. The summed E-state index contributed by atoms with van der Waals surface area (Å²) in [6, 6.07) is 40.1. The van der Waals surface area contributed by atoms with Crippen LogP contribution in [0.5, 0.6) is 0 Å². The minimum absolute atomic E-state index is 0.222. The molecule has 53 heavy (non-hydrogen) atoms. The molecule has 0 radical (unpaired) electrons. The highest BCUT2D eigenvalue weighted by Gasteiger charge is 2.25. The van der Waals surface area contributed by atoms with Crippen molar-refractivity contribution in [2.24, 2.45) is 0 Å². The van der Waals surface area contributed by atoms with Gasteiger partial charge in [0.2, 0.25) is 0 Å². The summed E-state index contributed by atoms with van der Waals surface area (Å²) < 4.78 is 6.53. The fraction of sp³-hybridized carbons (Fsp3) is 0.176. The Morgan fingerprint density at radius 3 is 2.53 bits per heavy atom. The van der Waals surface area contributed by atoms with Crippen molar-refractivity contribution in [3.05, 3.63) is 202 Å². The van der Waals surface area contributed by atoms with Gasteiger partial charge in [0.15, 0.2) is 0 Å². The van der Waals surface area contributed by atoms with Gasteiger partial charge in [-0.15, -0.1) is 11.8 Å². The van der Waals surface area contributed by atoms with Crippen LogP contribution in [-0.2, 0) is 6.42 Å². The monoisotopic (exact) mass is 706 g/mol. The van der Waals surface area contributed by atoms with E-state index in [0.29, 0.717) is 5.92 Å². The maximum Gasteiger partial charge on any atom is 0.134 e. The van der Waals surface area contributed by atoms with E-state index in [-0.39, 0.29) is 5.92 Å². The van der Waals surface area contributed by atoms with Crippen LogP contribution in [0.15, 0.2) is 161 Å². The normalized spacial score (nSPS) is 17.1. The third-order valence-corrected chi connectivity index (χ3v) is 11.4. The third kappa shape index (κ3) is 7.75. The number of thioether (sulfide) groups is 1. The summed E-state index contributed by atoms with van der Waals surface area (Å²) in [6.07, 6.45) is 26.7. The van der Waals surface area contributed by atoms with Gasteiger partial charge >= 0.3 is 0 Å². The Balaban J connectivity index is 0.968. The van der Waals surface area contributed by atoms with E-state index in [9.17, 15) is 0 Å². The molecule has 2 heteroatoms. The van der Waals surface area contributed by atoms with Gasteiger partial charge in [-0.2, -0.15) is 0 Å². The molecule has 1 aromatic heterocycles. The summed E-state index contributed by atoms with van der Waals surface area (Å²) in [6.45, 7) is 4.43. The lowest BCUT2D eigenvalue weighted by Gasteiger charge is -2.20. The molecule has 0 saturated heterocycles. The van der Waals surface area contributed by atoms with Crippen molar-refractivity contribution >= 4 is 40.5 Å². The number of benzene rings is 5. The molecule has 5 aromatic carbocycles. The number of para-hydroxylation sites is 1. The zero-order valence-corrected chi connectivity index (χ0v) is 31.7. The number of allylic oxidation sites excluding steroid dienone is 8.